The van der Waals surface area contributed by atoms with Crippen molar-refractivity contribution in [1.82, 2.24) is 14.9 Å². The van der Waals surface area contributed by atoms with E-state index in [1.807, 2.05) is 26.0 Å². The van der Waals surface area contributed by atoms with Crippen LogP contribution in [0, 0.1) is 13.8 Å². The van der Waals surface area contributed by atoms with Crippen LogP contribution in [0.15, 0.2) is 18.2 Å². The molecule has 140 valence electrons. The molecule has 2 heterocycles. The van der Waals surface area contributed by atoms with E-state index in [0.717, 1.165) is 55.5 Å². The number of nitrogens with zero attached hydrogens (tertiary/aromatic N) is 4. The van der Waals surface area contributed by atoms with Crippen molar-refractivity contribution in [3.63, 3.8) is 0 Å². The Hall–Kier alpha value is -2.05. The van der Waals surface area contributed by atoms with Gasteiger partial charge in [-0.25, -0.2) is 4.98 Å². The summed E-state index contributed by atoms with van der Waals surface area (Å²) < 4.78 is 5.44. The minimum atomic E-state index is 0.568. The molecule has 1 N–H and O–H groups in total. The number of ether oxygens (including phenoxy) is 1. The Morgan fingerprint density at radius 3 is 2.50 bits per heavy atom. The Bertz CT molecular complexity index is 775. The van der Waals surface area contributed by atoms with Crippen molar-refractivity contribution in [3.05, 3.63) is 34.5 Å². The quantitative estimate of drug-likeness (QED) is 0.861. The van der Waals surface area contributed by atoms with Crippen LogP contribution in [0.5, 0.6) is 5.75 Å². The van der Waals surface area contributed by atoms with Crippen molar-refractivity contribution in [3.8, 4) is 5.75 Å². The van der Waals surface area contributed by atoms with Crippen molar-refractivity contribution in [2.75, 3.05) is 50.1 Å². The SMILES string of the molecule is CCN1CCN(c2cc(C)nc(Nc3cc(C)c(Cl)cc3OC)n2)CC1. The second-order valence-corrected chi connectivity index (χ2v) is 6.95. The molecule has 2 aromatic rings. The molecular weight excluding hydrogens is 350 g/mol. The zero-order valence-corrected chi connectivity index (χ0v) is 16.6. The third-order valence-corrected chi connectivity index (χ3v) is 5.12. The van der Waals surface area contributed by atoms with Crippen LogP contribution in [-0.4, -0.2) is 54.7 Å². The van der Waals surface area contributed by atoms with Crippen LogP contribution in [0.4, 0.5) is 17.5 Å². The highest BCUT2D eigenvalue weighted by Crippen LogP contribution is 2.32. The number of aryl methyl sites for hydroxylation is 2. The highest BCUT2D eigenvalue weighted by Gasteiger charge is 2.18. The summed E-state index contributed by atoms with van der Waals surface area (Å²) in [5, 5.41) is 3.96. The van der Waals surface area contributed by atoms with E-state index in [9.17, 15) is 0 Å². The lowest BCUT2D eigenvalue weighted by Gasteiger charge is -2.34. The van der Waals surface area contributed by atoms with Gasteiger partial charge in [0.05, 0.1) is 12.8 Å². The van der Waals surface area contributed by atoms with Gasteiger partial charge in [-0.1, -0.05) is 18.5 Å². The molecular formula is C19H26ClN5O. The first-order valence-corrected chi connectivity index (χ1v) is 9.32. The number of rotatable bonds is 5. The number of piperazine rings is 1. The molecule has 0 spiro atoms. The van der Waals surface area contributed by atoms with Crippen molar-refractivity contribution < 1.29 is 4.74 Å². The summed E-state index contributed by atoms with van der Waals surface area (Å²) in [5.41, 5.74) is 2.71. The van der Waals surface area contributed by atoms with Gasteiger partial charge in [-0.05, 0) is 32.0 Å². The molecule has 0 radical (unpaired) electrons. The van der Waals surface area contributed by atoms with Crippen LogP contribution in [0.1, 0.15) is 18.2 Å². The van der Waals surface area contributed by atoms with Gasteiger partial charge in [-0.15, -0.1) is 0 Å². The van der Waals surface area contributed by atoms with E-state index in [2.05, 4.69) is 27.0 Å². The van der Waals surface area contributed by atoms with Gasteiger partial charge >= 0.3 is 0 Å². The van der Waals surface area contributed by atoms with E-state index in [-0.39, 0.29) is 0 Å². The molecule has 7 heteroatoms. The Morgan fingerprint density at radius 2 is 1.85 bits per heavy atom. The number of hydrogen-bond donors (Lipinski definition) is 1. The van der Waals surface area contributed by atoms with Crippen LogP contribution in [-0.2, 0) is 0 Å². The lowest BCUT2D eigenvalue weighted by atomic mass is 10.2. The molecule has 0 saturated carbocycles. The van der Waals surface area contributed by atoms with Crippen molar-refractivity contribution in [2.24, 2.45) is 0 Å². The standard InChI is InChI=1S/C19H26ClN5O/c1-5-24-6-8-25(9-7-24)18-11-14(3)21-19(23-18)22-16-10-13(2)15(20)12-17(16)26-4/h10-12H,5-9H2,1-4H3,(H,21,22,23). The van der Waals surface area contributed by atoms with Gasteiger partial charge in [-0.2, -0.15) is 4.98 Å². The van der Waals surface area contributed by atoms with Crippen LogP contribution >= 0.6 is 11.6 Å². The summed E-state index contributed by atoms with van der Waals surface area (Å²) in [5.74, 6) is 2.20. The molecule has 0 atom stereocenters. The molecule has 1 aliphatic heterocycles. The molecule has 0 aliphatic carbocycles. The van der Waals surface area contributed by atoms with E-state index in [0.29, 0.717) is 16.7 Å². The third kappa shape index (κ3) is 4.19. The molecule has 1 aromatic heterocycles. The lowest BCUT2D eigenvalue weighted by Crippen LogP contribution is -2.46. The highest BCUT2D eigenvalue weighted by atomic mass is 35.5. The Labute approximate surface area is 160 Å². The molecule has 0 amide bonds. The van der Waals surface area contributed by atoms with Crippen LogP contribution in [0.2, 0.25) is 5.02 Å². The Kier molecular flexibility index (Phi) is 5.84. The summed E-state index contributed by atoms with van der Waals surface area (Å²) in [7, 11) is 1.63. The fraction of sp³-hybridized carbons (Fsp3) is 0.474. The monoisotopic (exact) mass is 375 g/mol. The molecule has 1 fully saturated rings. The average Bonchev–Trinajstić information content (AvgIpc) is 2.64. The Balaban J connectivity index is 1.84. The summed E-state index contributed by atoms with van der Waals surface area (Å²) >= 11 is 6.19. The van der Waals surface area contributed by atoms with Crippen LogP contribution in [0.25, 0.3) is 0 Å². The van der Waals surface area contributed by atoms with E-state index >= 15 is 0 Å². The highest BCUT2D eigenvalue weighted by molar-refractivity contribution is 6.31. The maximum atomic E-state index is 6.19. The summed E-state index contributed by atoms with van der Waals surface area (Å²) in [6, 6.07) is 5.80. The van der Waals surface area contributed by atoms with Gasteiger partial charge < -0.3 is 19.9 Å². The molecule has 26 heavy (non-hydrogen) atoms. The maximum Gasteiger partial charge on any atom is 0.229 e. The molecule has 3 rings (SSSR count). The zero-order chi connectivity index (χ0) is 18.7. The molecule has 0 unspecified atom stereocenters. The van der Waals surface area contributed by atoms with E-state index in [1.54, 1.807) is 13.2 Å². The van der Waals surface area contributed by atoms with Gasteiger partial charge in [0.25, 0.3) is 0 Å². The van der Waals surface area contributed by atoms with Crippen molar-refractivity contribution in [2.45, 2.75) is 20.8 Å². The van der Waals surface area contributed by atoms with Crippen LogP contribution in [0.3, 0.4) is 0 Å². The molecule has 0 bridgehead atoms. The van der Waals surface area contributed by atoms with Crippen molar-refractivity contribution >= 4 is 29.1 Å². The van der Waals surface area contributed by atoms with Gasteiger partial charge in [0.2, 0.25) is 5.95 Å². The minimum Gasteiger partial charge on any atom is -0.495 e. The number of benzene rings is 1. The van der Waals surface area contributed by atoms with Gasteiger partial charge in [0.1, 0.15) is 11.6 Å². The number of hydrogen-bond acceptors (Lipinski definition) is 6. The summed E-state index contributed by atoms with van der Waals surface area (Å²) in [6.07, 6.45) is 0. The predicted molar refractivity (Wildman–Crippen MR) is 107 cm³/mol. The normalized spacial score (nSPS) is 15.2. The fourth-order valence-corrected chi connectivity index (χ4v) is 3.27. The first-order chi connectivity index (χ1) is 12.5. The first kappa shape index (κ1) is 18.7. The molecule has 6 nitrogen and oxygen atoms in total. The topological polar surface area (TPSA) is 53.5 Å². The second-order valence-electron chi connectivity index (χ2n) is 6.54. The lowest BCUT2D eigenvalue weighted by molar-refractivity contribution is 0.270. The minimum absolute atomic E-state index is 0.568. The predicted octanol–water partition coefficient (Wildman–Crippen LogP) is 3.64. The number of likely N-dealkylation sites (N-methyl/N-ethyl adjacent to an activating group) is 1. The zero-order valence-electron chi connectivity index (χ0n) is 15.8. The average molecular weight is 376 g/mol. The number of methoxy groups -OCH3 is 1. The van der Waals surface area contributed by atoms with Crippen molar-refractivity contribution in [1.29, 1.82) is 0 Å². The van der Waals surface area contributed by atoms with E-state index in [1.165, 1.54) is 0 Å². The van der Waals surface area contributed by atoms with Gasteiger partial charge in [-0.3, -0.25) is 0 Å². The van der Waals surface area contributed by atoms with Gasteiger partial charge in [0, 0.05) is 49.0 Å². The maximum absolute atomic E-state index is 6.19. The number of nitrogens with one attached hydrogen (secondary N) is 1. The first-order valence-electron chi connectivity index (χ1n) is 8.94. The van der Waals surface area contributed by atoms with E-state index < -0.39 is 0 Å². The smallest absolute Gasteiger partial charge is 0.229 e. The van der Waals surface area contributed by atoms with E-state index in [4.69, 9.17) is 21.3 Å². The summed E-state index contributed by atoms with van der Waals surface area (Å²) in [4.78, 5) is 14.0. The largest absolute Gasteiger partial charge is 0.495 e. The second kappa shape index (κ2) is 8.10. The molecule has 1 saturated heterocycles. The number of halogens is 1. The van der Waals surface area contributed by atoms with Crippen LogP contribution < -0.4 is 15.0 Å². The number of aromatic nitrogens is 2. The molecule has 1 aliphatic rings. The number of anilines is 3. The Morgan fingerprint density at radius 1 is 1.12 bits per heavy atom. The third-order valence-electron chi connectivity index (χ3n) is 4.71. The van der Waals surface area contributed by atoms with Gasteiger partial charge in [0.15, 0.2) is 0 Å². The summed E-state index contributed by atoms with van der Waals surface area (Å²) in [6.45, 7) is 11.3. The fourth-order valence-electron chi connectivity index (χ4n) is 3.11. The molecule has 1 aromatic carbocycles.